The van der Waals surface area contributed by atoms with Gasteiger partial charge < -0.3 is 9.88 Å². The van der Waals surface area contributed by atoms with E-state index in [1.54, 1.807) is 17.5 Å². The molecule has 0 radical (unpaired) electrons. The van der Waals surface area contributed by atoms with E-state index < -0.39 is 0 Å². The highest BCUT2D eigenvalue weighted by molar-refractivity contribution is 7.18. The summed E-state index contributed by atoms with van der Waals surface area (Å²) in [6, 6.07) is 10.3. The van der Waals surface area contributed by atoms with Gasteiger partial charge in [0.25, 0.3) is 0 Å². The number of rotatable bonds is 4. The van der Waals surface area contributed by atoms with E-state index in [1.807, 2.05) is 30.6 Å². The largest absolute Gasteiger partial charge is 0.352 e. The van der Waals surface area contributed by atoms with Crippen molar-refractivity contribution < 1.29 is 4.79 Å². The highest BCUT2D eigenvalue weighted by Crippen LogP contribution is 2.31. The second-order valence-electron chi connectivity index (χ2n) is 5.60. The highest BCUT2D eigenvalue weighted by Gasteiger charge is 2.22. The van der Waals surface area contributed by atoms with Crippen molar-refractivity contribution in [1.29, 1.82) is 0 Å². The topological polar surface area (TPSA) is 59.8 Å². The number of nitrogens with zero attached hydrogens (tertiary/aromatic N) is 3. The zero-order valence-electron chi connectivity index (χ0n) is 12.5. The number of hydrogen-bond acceptors (Lipinski definition) is 4. The molecule has 1 aliphatic heterocycles. The van der Waals surface area contributed by atoms with Crippen LogP contribution >= 0.6 is 11.3 Å². The summed E-state index contributed by atoms with van der Waals surface area (Å²) in [5.41, 5.74) is 1.12. The van der Waals surface area contributed by atoms with Gasteiger partial charge in [0, 0.05) is 43.2 Å². The van der Waals surface area contributed by atoms with Crippen LogP contribution < -0.4 is 5.32 Å². The average Bonchev–Trinajstić information content (AvgIpc) is 3.29. The van der Waals surface area contributed by atoms with Crippen LogP contribution in [0.5, 0.6) is 0 Å². The van der Waals surface area contributed by atoms with E-state index in [2.05, 4.69) is 32.0 Å². The molecule has 1 aromatic carbocycles. The molecule has 1 saturated heterocycles. The second-order valence-corrected chi connectivity index (χ2v) is 6.63. The molecule has 3 aromatic rings. The molecular formula is C17H16N4OS. The van der Waals surface area contributed by atoms with Crippen molar-refractivity contribution in [3.05, 3.63) is 48.9 Å². The number of imidazole rings is 1. The van der Waals surface area contributed by atoms with Crippen molar-refractivity contribution in [3.8, 4) is 21.3 Å². The van der Waals surface area contributed by atoms with Gasteiger partial charge in [0.15, 0.2) is 5.82 Å². The van der Waals surface area contributed by atoms with Crippen LogP contribution in [0.2, 0.25) is 0 Å². The minimum Gasteiger partial charge on any atom is -0.352 e. The summed E-state index contributed by atoms with van der Waals surface area (Å²) < 4.78 is 2.10. The molecule has 4 rings (SSSR count). The van der Waals surface area contributed by atoms with Gasteiger partial charge in [-0.1, -0.05) is 30.3 Å². The van der Waals surface area contributed by atoms with Gasteiger partial charge in [-0.25, -0.2) is 9.97 Å². The molecule has 6 heteroatoms. The van der Waals surface area contributed by atoms with Gasteiger partial charge in [0.2, 0.25) is 5.91 Å². The third kappa shape index (κ3) is 2.90. The molecule has 2 aromatic heterocycles. The van der Waals surface area contributed by atoms with Crippen molar-refractivity contribution in [2.75, 3.05) is 0 Å². The van der Waals surface area contributed by atoms with E-state index >= 15 is 0 Å². The predicted molar refractivity (Wildman–Crippen MR) is 89.9 cm³/mol. The predicted octanol–water partition coefficient (Wildman–Crippen LogP) is 2.95. The van der Waals surface area contributed by atoms with Crippen LogP contribution in [0.15, 0.2) is 48.9 Å². The molecule has 3 heterocycles. The van der Waals surface area contributed by atoms with Crippen LogP contribution in [-0.2, 0) is 11.3 Å². The number of benzene rings is 1. The Bertz CT molecular complexity index is 824. The summed E-state index contributed by atoms with van der Waals surface area (Å²) in [6.07, 6.45) is 7.14. The number of amides is 1. The van der Waals surface area contributed by atoms with Gasteiger partial charge in [-0.2, -0.15) is 0 Å². The normalized spacial score (nSPS) is 17.4. The number of hydrogen-bond donors (Lipinski definition) is 1. The minimum absolute atomic E-state index is 0.140. The van der Waals surface area contributed by atoms with Crippen molar-refractivity contribution in [3.63, 3.8) is 0 Å². The monoisotopic (exact) mass is 324 g/mol. The van der Waals surface area contributed by atoms with Crippen LogP contribution in [0.25, 0.3) is 21.3 Å². The Hall–Kier alpha value is -2.47. The molecule has 23 heavy (non-hydrogen) atoms. The first-order valence-electron chi connectivity index (χ1n) is 7.62. The van der Waals surface area contributed by atoms with Crippen molar-refractivity contribution in [2.45, 2.75) is 25.4 Å². The average molecular weight is 324 g/mol. The Labute approximate surface area is 138 Å². The van der Waals surface area contributed by atoms with Gasteiger partial charge >= 0.3 is 0 Å². The Balaban J connectivity index is 1.58. The van der Waals surface area contributed by atoms with E-state index in [4.69, 9.17) is 0 Å². The first-order valence-corrected chi connectivity index (χ1v) is 8.43. The fourth-order valence-electron chi connectivity index (χ4n) is 2.83. The lowest BCUT2D eigenvalue weighted by molar-refractivity contribution is -0.119. The van der Waals surface area contributed by atoms with Gasteiger partial charge in [-0.05, 0) is 6.42 Å². The molecule has 0 spiro atoms. The maximum Gasteiger partial charge on any atom is 0.220 e. The molecule has 1 unspecified atom stereocenters. The minimum atomic E-state index is 0.140. The maximum absolute atomic E-state index is 11.4. The standard InChI is InChI=1S/C17H16N4OS/c22-15-7-6-13(20-15)11-21-9-8-18-16(21)14-10-19-17(23-14)12-4-2-1-3-5-12/h1-5,8-10,13H,6-7,11H2,(H,20,22). The Morgan fingerprint density at radius 3 is 2.91 bits per heavy atom. The van der Waals surface area contributed by atoms with Gasteiger partial charge in [0.05, 0.1) is 4.88 Å². The summed E-state index contributed by atoms with van der Waals surface area (Å²) in [5.74, 6) is 1.05. The summed E-state index contributed by atoms with van der Waals surface area (Å²) in [4.78, 5) is 21.4. The molecule has 1 amide bonds. The first-order chi connectivity index (χ1) is 11.3. The Morgan fingerprint density at radius 1 is 1.26 bits per heavy atom. The number of aromatic nitrogens is 3. The van der Waals surface area contributed by atoms with E-state index in [0.717, 1.165) is 34.2 Å². The van der Waals surface area contributed by atoms with Crippen LogP contribution in [0.3, 0.4) is 0 Å². The summed E-state index contributed by atoms with van der Waals surface area (Å²) in [5, 5.41) is 3.99. The number of thiazole rings is 1. The molecule has 1 N–H and O–H groups in total. The lowest BCUT2D eigenvalue weighted by Gasteiger charge is -2.12. The number of carbonyl (C=O) groups excluding carboxylic acids is 1. The molecule has 116 valence electrons. The lowest BCUT2D eigenvalue weighted by atomic mass is 10.2. The third-order valence-corrected chi connectivity index (χ3v) is 5.01. The van der Waals surface area contributed by atoms with Gasteiger partial charge in [-0.3, -0.25) is 4.79 Å². The molecule has 1 aliphatic rings. The first kappa shape index (κ1) is 14.1. The second kappa shape index (κ2) is 5.96. The zero-order valence-corrected chi connectivity index (χ0v) is 13.3. The zero-order chi connectivity index (χ0) is 15.6. The van der Waals surface area contributed by atoms with E-state index in [1.165, 1.54) is 0 Å². The molecule has 0 saturated carbocycles. The smallest absolute Gasteiger partial charge is 0.220 e. The van der Waals surface area contributed by atoms with Gasteiger partial charge in [0.1, 0.15) is 5.01 Å². The van der Waals surface area contributed by atoms with Crippen molar-refractivity contribution in [2.24, 2.45) is 0 Å². The molecule has 1 fully saturated rings. The molecule has 1 atom stereocenters. The Kier molecular flexibility index (Phi) is 3.67. The number of nitrogens with one attached hydrogen (secondary N) is 1. The van der Waals surface area contributed by atoms with E-state index in [9.17, 15) is 4.79 Å². The van der Waals surface area contributed by atoms with Crippen LogP contribution in [0.4, 0.5) is 0 Å². The van der Waals surface area contributed by atoms with Crippen molar-refractivity contribution >= 4 is 17.2 Å². The summed E-state index contributed by atoms with van der Waals surface area (Å²) in [6.45, 7) is 0.750. The fraction of sp³-hybridized carbons (Fsp3) is 0.235. The third-order valence-electron chi connectivity index (χ3n) is 3.96. The molecule has 0 bridgehead atoms. The fourth-order valence-corrected chi connectivity index (χ4v) is 3.76. The molecular weight excluding hydrogens is 308 g/mol. The lowest BCUT2D eigenvalue weighted by Crippen LogP contribution is -2.29. The van der Waals surface area contributed by atoms with E-state index in [0.29, 0.717) is 6.42 Å². The van der Waals surface area contributed by atoms with Crippen LogP contribution in [0, 0.1) is 0 Å². The summed E-state index contributed by atoms with van der Waals surface area (Å²) >= 11 is 1.63. The SMILES string of the molecule is O=C1CCC(Cn2ccnc2-c2cnc(-c3ccccc3)s2)N1. The molecule has 0 aliphatic carbocycles. The number of carbonyl (C=O) groups is 1. The van der Waals surface area contributed by atoms with Crippen molar-refractivity contribution in [1.82, 2.24) is 19.9 Å². The van der Waals surface area contributed by atoms with Crippen LogP contribution in [0.1, 0.15) is 12.8 Å². The van der Waals surface area contributed by atoms with Gasteiger partial charge in [-0.15, -0.1) is 11.3 Å². The van der Waals surface area contributed by atoms with E-state index in [-0.39, 0.29) is 11.9 Å². The maximum atomic E-state index is 11.4. The van der Waals surface area contributed by atoms with Crippen LogP contribution in [-0.4, -0.2) is 26.5 Å². The Morgan fingerprint density at radius 2 is 2.13 bits per heavy atom. The molecule has 5 nitrogen and oxygen atoms in total. The quantitative estimate of drug-likeness (QED) is 0.802. The highest BCUT2D eigenvalue weighted by atomic mass is 32.1. The summed E-state index contributed by atoms with van der Waals surface area (Å²) in [7, 11) is 0.